The Morgan fingerprint density at radius 1 is 0.950 bits per heavy atom. The highest BCUT2D eigenvalue weighted by molar-refractivity contribution is 6.18. The van der Waals surface area contributed by atoms with Crippen molar-refractivity contribution in [2.45, 2.75) is 46.0 Å². The molecule has 1 unspecified atom stereocenters. The number of hydrogen-bond acceptors (Lipinski definition) is 2. The fourth-order valence-electron chi connectivity index (χ4n) is 2.72. The molecule has 1 aliphatic heterocycles. The fraction of sp³-hybridized carbons (Fsp3) is 0.500. The first-order chi connectivity index (χ1) is 9.77. The lowest BCUT2D eigenvalue weighted by atomic mass is 9.87. The van der Waals surface area contributed by atoms with Crippen LogP contribution in [0, 0.1) is 18.0 Å². The Labute approximate surface area is 123 Å². The number of hydrogen-bond donors (Lipinski definition) is 0. The summed E-state index contributed by atoms with van der Waals surface area (Å²) in [7, 11) is 0. The number of unbranched alkanes of at least 4 members (excludes halogenated alkanes) is 2. The molecule has 106 valence electrons. The standard InChI is InChI=1S/C18H25N2/c1-15(2)17(18-19-13-14-20-18)12-8-4-7-11-16-9-5-3-6-10-16/h3,5-6,9-10,13-15,17H,4,7-8,11-12H2,1-2H3/q+1. The molecule has 20 heavy (non-hydrogen) atoms. The Kier molecular flexibility index (Phi) is 5.85. The van der Waals surface area contributed by atoms with Crippen molar-refractivity contribution in [1.29, 1.82) is 0 Å². The van der Waals surface area contributed by atoms with E-state index in [0.717, 1.165) is 6.17 Å². The molecule has 1 aromatic carbocycles. The summed E-state index contributed by atoms with van der Waals surface area (Å²) in [6.07, 6.45) is 10.9. The van der Waals surface area contributed by atoms with Crippen molar-refractivity contribution in [2.24, 2.45) is 21.8 Å². The molecule has 0 bridgehead atoms. The molecule has 1 atom stereocenters. The topological polar surface area (TPSA) is 24.7 Å². The highest BCUT2D eigenvalue weighted by Gasteiger charge is 2.30. The average Bonchev–Trinajstić information content (AvgIpc) is 2.97. The van der Waals surface area contributed by atoms with Gasteiger partial charge in [-0.05, 0) is 30.7 Å². The van der Waals surface area contributed by atoms with Gasteiger partial charge in [0.15, 0.2) is 12.4 Å². The predicted octanol–water partition coefficient (Wildman–Crippen LogP) is 4.71. The molecule has 0 spiro atoms. The molecule has 0 N–H and O–H groups in total. The second-order valence-corrected chi connectivity index (χ2v) is 5.85. The molecule has 1 aromatic rings. The third-order valence-corrected chi connectivity index (χ3v) is 3.94. The number of benzene rings is 1. The van der Waals surface area contributed by atoms with Crippen LogP contribution in [-0.2, 0) is 6.42 Å². The Balaban J connectivity index is 1.66. The third kappa shape index (κ3) is 4.52. The van der Waals surface area contributed by atoms with Gasteiger partial charge in [0.2, 0.25) is 6.17 Å². The molecule has 1 aliphatic rings. The zero-order valence-electron chi connectivity index (χ0n) is 12.6. The van der Waals surface area contributed by atoms with Crippen LogP contribution in [0.5, 0.6) is 0 Å². The van der Waals surface area contributed by atoms with Gasteiger partial charge in [-0.15, -0.1) is 0 Å². The van der Waals surface area contributed by atoms with E-state index in [9.17, 15) is 0 Å². The highest BCUT2D eigenvalue weighted by Crippen LogP contribution is 2.31. The molecule has 0 radical (unpaired) electrons. The van der Waals surface area contributed by atoms with Crippen molar-refractivity contribution in [2.75, 3.05) is 0 Å². The van der Waals surface area contributed by atoms with Gasteiger partial charge in [-0.1, -0.05) is 67.0 Å². The molecule has 0 amide bonds. The maximum atomic E-state index is 4.37. The van der Waals surface area contributed by atoms with Gasteiger partial charge in [0, 0.05) is 0 Å². The van der Waals surface area contributed by atoms with E-state index < -0.39 is 0 Å². The lowest BCUT2D eigenvalue weighted by Gasteiger charge is -2.18. The molecule has 0 saturated heterocycles. The fourth-order valence-corrected chi connectivity index (χ4v) is 2.72. The highest BCUT2D eigenvalue weighted by atomic mass is 15.0. The van der Waals surface area contributed by atoms with Crippen LogP contribution in [0.3, 0.4) is 0 Å². The minimum Gasteiger partial charge on any atom is -0.0965 e. The monoisotopic (exact) mass is 269 g/mol. The van der Waals surface area contributed by atoms with Crippen molar-refractivity contribution < 1.29 is 0 Å². The second kappa shape index (κ2) is 7.88. The van der Waals surface area contributed by atoms with E-state index in [-0.39, 0.29) is 0 Å². The van der Waals surface area contributed by atoms with Crippen LogP contribution >= 0.6 is 0 Å². The average molecular weight is 269 g/mol. The van der Waals surface area contributed by atoms with Crippen molar-refractivity contribution in [1.82, 2.24) is 0 Å². The lowest BCUT2D eigenvalue weighted by molar-refractivity contribution is 0.355. The molecular formula is C18H25N2+. The number of nitrogens with zero attached hydrogens (tertiary/aromatic N) is 2. The molecule has 2 heteroatoms. The third-order valence-electron chi connectivity index (χ3n) is 3.94. The van der Waals surface area contributed by atoms with Crippen LogP contribution in [-0.4, -0.2) is 12.4 Å². The molecule has 0 fully saturated rings. The van der Waals surface area contributed by atoms with Gasteiger partial charge >= 0.3 is 0 Å². The maximum Gasteiger partial charge on any atom is 0.244 e. The van der Waals surface area contributed by atoms with Gasteiger partial charge in [0.1, 0.15) is 0 Å². The minimum absolute atomic E-state index is 0.515. The van der Waals surface area contributed by atoms with Crippen molar-refractivity contribution in [3.05, 3.63) is 42.1 Å². The SMILES string of the molecule is CC(C)C(CCCCCc1ccccc1)[C+]1N=CC=N1. The van der Waals surface area contributed by atoms with E-state index in [2.05, 4.69) is 54.2 Å². The summed E-state index contributed by atoms with van der Waals surface area (Å²) in [5, 5.41) is 0. The quantitative estimate of drug-likeness (QED) is 0.482. The van der Waals surface area contributed by atoms with Gasteiger partial charge in [0.25, 0.3) is 0 Å². The largest absolute Gasteiger partial charge is 0.244 e. The van der Waals surface area contributed by atoms with Crippen LogP contribution in [0.25, 0.3) is 0 Å². The van der Waals surface area contributed by atoms with Crippen molar-refractivity contribution in [3.8, 4) is 0 Å². The first-order valence-corrected chi connectivity index (χ1v) is 7.75. The summed E-state index contributed by atoms with van der Waals surface area (Å²) in [5.74, 6) is 1.13. The zero-order valence-corrected chi connectivity index (χ0v) is 12.6. The van der Waals surface area contributed by atoms with Crippen molar-refractivity contribution in [3.63, 3.8) is 0 Å². The van der Waals surface area contributed by atoms with Gasteiger partial charge in [-0.2, -0.15) is 0 Å². The van der Waals surface area contributed by atoms with E-state index in [0.29, 0.717) is 11.8 Å². The summed E-state index contributed by atoms with van der Waals surface area (Å²) in [5.41, 5.74) is 1.45. The number of aliphatic imine (C=N–C) groups is 2. The van der Waals surface area contributed by atoms with Gasteiger partial charge in [0.05, 0.1) is 5.92 Å². The summed E-state index contributed by atoms with van der Waals surface area (Å²) in [4.78, 5) is 8.75. The Morgan fingerprint density at radius 3 is 2.30 bits per heavy atom. The number of rotatable bonds is 8. The van der Waals surface area contributed by atoms with E-state index in [1.807, 2.05) is 0 Å². The van der Waals surface area contributed by atoms with Gasteiger partial charge < -0.3 is 0 Å². The zero-order chi connectivity index (χ0) is 14.2. The van der Waals surface area contributed by atoms with Gasteiger partial charge in [-0.3, -0.25) is 0 Å². The first kappa shape index (κ1) is 14.8. The predicted molar refractivity (Wildman–Crippen MR) is 87.2 cm³/mol. The summed E-state index contributed by atoms with van der Waals surface area (Å²) >= 11 is 0. The Bertz CT molecular complexity index is 422. The van der Waals surface area contributed by atoms with E-state index in [1.165, 1.54) is 37.7 Å². The number of aryl methyl sites for hydroxylation is 1. The van der Waals surface area contributed by atoms with Gasteiger partial charge in [-0.25, -0.2) is 0 Å². The van der Waals surface area contributed by atoms with E-state index >= 15 is 0 Å². The van der Waals surface area contributed by atoms with Crippen LogP contribution in [0.2, 0.25) is 0 Å². The molecule has 2 rings (SSSR count). The molecule has 1 heterocycles. The molecule has 0 saturated carbocycles. The molecule has 0 aliphatic carbocycles. The minimum atomic E-state index is 0.515. The molecular weight excluding hydrogens is 244 g/mol. The summed E-state index contributed by atoms with van der Waals surface area (Å²) in [6, 6.07) is 10.8. The second-order valence-electron chi connectivity index (χ2n) is 5.85. The molecule has 2 nitrogen and oxygen atoms in total. The Hall–Kier alpha value is -1.57. The summed E-state index contributed by atoms with van der Waals surface area (Å²) in [6.45, 7) is 4.54. The smallest absolute Gasteiger partial charge is 0.0965 e. The van der Waals surface area contributed by atoms with Crippen LogP contribution in [0.1, 0.15) is 45.1 Å². The maximum absolute atomic E-state index is 4.37. The first-order valence-electron chi connectivity index (χ1n) is 7.75. The van der Waals surface area contributed by atoms with Crippen LogP contribution in [0.4, 0.5) is 0 Å². The van der Waals surface area contributed by atoms with Crippen LogP contribution in [0.15, 0.2) is 40.3 Å². The Morgan fingerprint density at radius 2 is 1.65 bits per heavy atom. The normalized spacial score (nSPS) is 15.2. The van der Waals surface area contributed by atoms with Crippen LogP contribution < -0.4 is 0 Å². The van der Waals surface area contributed by atoms with E-state index in [4.69, 9.17) is 0 Å². The van der Waals surface area contributed by atoms with E-state index in [1.54, 1.807) is 12.4 Å². The molecule has 0 aromatic heterocycles. The van der Waals surface area contributed by atoms with Crippen molar-refractivity contribution >= 4 is 12.4 Å². The summed E-state index contributed by atoms with van der Waals surface area (Å²) < 4.78 is 0. The lowest BCUT2D eigenvalue weighted by Crippen LogP contribution is -2.14.